The molecule has 0 aliphatic carbocycles. The summed E-state index contributed by atoms with van der Waals surface area (Å²) in [6, 6.07) is -0.0977. The van der Waals surface area contributed by atoms with Crippen molar-refractivity contribution in [3.05, 3.63) is 0 Å². The first kappa shape index (κ1) is 28.0. The van der Waals surface area contributed by atoms with Crippen LogP contribution in [0.4, 0.5) is 26.3 Å². The second kappa shape index (κ2) is 12.3. The van der Waals surface area contributed by atoms with E-state index < -0.39 is 36.6 Å². The van der Waals surface area contributed by atoms with Crippen LogP contribution in [0, 0.1) is 0 Å². The minimum atomic E-state index is -4.70. The van der Waals surface area contributed by atoms with Crippen molar-refractivity contribution in [1.29, 1.82) is 0 Å². The van der Waals surface area contributed by atoms with Gasteiger partial charge >= 0.3 is 30.1 Å². The zero-order chi connectivity index (χ0) is 21.1. The first-order chi connectivity index (χ1) is 11.8. The largest absolute Gasteiger partial charge is 0.516 e. The first-order valence-corrected chi connectivity index (χ1v) is 11.2. The quantitative estimate of drug-likeness (QED) is 0.381. The van der Waals surface area contributed by atoms with E-state index in [2.05, 4.69) is 13.3 Å². The van der Waals surface area contributed by atoms with Crippen molar-refractivity contribution < 1.29 is 52.9 Å². The molecule has 160 valence electrons. The Morgan fingerprint density at radius 1 is 0.654 bits per heavy atom. The molecule has 0 spiro atoms. The van der Waals surface area contributed by atoms with E-state index in [1.165, 1.54) is 21.3 Å². The van der Waals surface area contributed by atoms with Gasteiger partial charge in [0.1, 0.15) is 0 Å². The van der Waals surface area contributed by atoms with Gasteiger partial charge in [-0.2, -0.15) is 13.2 Å². The Labute approximate surface area is 151 Å². The molecule has 0 aliphatic rings. The molecule has 0 atom stereocenters. The Morgan fingerprint density at radius 3 is 1.27 bits per heavy atom. The summed E-state index contributed by atoms with van der Waals surface area (Å²) in [5.41, 5.74) is 0. The van der Waals surface area contributed by atoms with Gasteiger partial charge in [0.05, 0.1) is 0 Å². The van der Waals surface area contributed by atoms with Gasteiger partial charge in [0.25, 0.3) is 0 Å². The fourth-order valence-electron chi connectivity index (χ4n) is 1.76. The van der Waals surface area contributed by atoms with Gasteiger partial charge in [-0.3, -0.25) is 4.43 Å². The van der Waals surface area contributed by atoms with Crippen LogP contribution in [0.25, 0.3) is 0 Å². The van der Waals surface area contributed by atoms with E-state index in [-0.39, 0.29) is 12.1 Å². The highest BCUT2D eigenvalue weighted by atomic mass is 28.4. The molecule has 0 aromatic rings. The van der Waals surface area contributed by atoms with Crippen molar-refractivity contribution in [3.63, 3.8) is 0 Å². The number of rotatable bonds is 10. The Kier molecular flexibility index (Phi) is 13.2. The van der Waals surface area contributed by atoms with E-state index in [1.54, 1.807) is 6.92 Å². The molecule has 0 fully saturated rings. The van der Waals surface area contributed by atoms with Crippen molar-refractivity contribution in [2.75, 3.05) is 35.5 Å². The SMILES string of the molecule is CCC[Si](OC)(OC)OC(F)(F)F.CO[Si](CCC(F)(F)F)(OC)OC. The standard InChI is InChI=1S/2C6H13F3O3Si/c1-10-13(11-2,12-3)5-4-6(7,8)9;1-4-5-13(10-2,11-3)12-6(7,8)9/h2*4-5H2,1-3H3. The average Bonchev–Trinajstić information content (AvgIpc) is 2.55. The highest BCUT2D eigenvalue weighted by Crippen LogP contribution is 2.27. The maximum absolute atomic E-state index is 11.9. The number of hydrogen-bond donors (Lipinski definition) is 0. The number of halogens is 6. The van der Waals surface area contributed by atoms with E-state index in [0.29, 0.717) is 6.42 Å². The molecular weight excluding hydrogens is 410 g/mol. The highest BCUT2D eigenvalue weighted by molar-refractivity contribution is 6.60. The van der Waals surface area contributed by atoms with Crippen LogP contribution in [0.1, 0.15) is 19.8 Å². The Morgan fingerprint density at radius 2 is 1.04 bits per heavy atom. The van der Waals surface area contributed by atoms with Crippen molar-refractivity contribution >= 4 is 17.6 Å². The third-order valence-electron chi connectivity index (χ3n) is 3.10. The molecule has 26 heavy (non-hydrogen) atoms. The van der Waals surface area contributed by atoms with Gasteiger partial charge in [0.2, 0.25) is 0 Å². The fourth-order valence-corrected chi connectivity index (χ4v) is 5.27. The van der Waals surface area contributed by atoms with E-state index in [9.17, 15) is 26.3 Å². The third kappa shape index (κ3) is 12.2. The molecule has 0 bridgehead atoms. The minimum absolute atomic E-state index is 0.152. The van der Waals surface area contributed by atoms with Crippen LogP contribution in [0.5, 0.6) is 0 Å². The number of hydrogen-bond acceptors (Lipinski definition) is 6. The highest BCUT2D eigenvalue weighted by Gasteiger charge is 2.48. The molecule has 6 nitrogen and oxygen atoms in total. The van der Waals surface area contributed by atoms with Gasteiger partial charge in [-0.25, -0.2) is 0 Å². The zero-order valence-electron chi connectivity index (χ0n) is 15.5. The monoisotopic (exact) mass is 436 g/mol. The lowest BCUT2D eigenvalue weighted by atomic mass is 10.5. The maximum Gasteiger partial charge on any atom is 0.516 e. The van der Waals surface area contributed by atoms with Gasteiger partial charge < -0.3 is 22.1 Å². The Bertz CT molecular complexity index is 353. The van der Waals surface area contributed by atoms with Crippen molar-refractivity contribution in [3.8, 4) is 0 Å². The smallest absolute Gasteiger partial charge is 0.377 e. The van der Waals surface area contributed by atoms with E-state index in [4.69, 9.17) is 13.3 Å². The maximum atomic E-state index is 11.9. The lowest BCUT2D eigenvalue weighted by Crippen LogP contribution is -2.47. The van der Waals surface area contributed by atoms with Crippen LogP contribution in [0.15, 0.2) is 0 Å². The predicted molar refractivity (Wildman–Crippen MR) is 84.3 cm³/mol. The normalized spacial score (nSPS) is 13.4. The lowest BCUT2D eigenvalue weighted by molar-refractivity contribution is -0.296. The van der Waals surface area contributed by atoms with E-state index in [1.807, 2.05) is 0 Å². The summed E-state index contributed by atoms with van der Waals surface area (Å²) in [4.78, 5) is 0. The summed E-state index contributed by atoms with van der Waals surface area (Å²) in [5, 5.41) is 0. The summed E-state index contributed by atoms with van der Waals surface area (Å²) in [7, 11) is -0.362. The van der Waals surface area contributed by atoms with Crippen LogP contribution < -0.4 is 0 Å². The molecule has 0 radical (unpaired) electrons. The van der Waals surface area contributed by atoms with Crippen LogP contribution in [-0.4, -0.2) is 65.7 Å². The molecule has 0 aromatic carbocycles. The zero-order valence-corrected chi connectivity index (χ0v) is 17.5. The molecule has 0 unspecified atom stereocenters. The van der Waals surface area contributed by atoms with Crippen LogP contribution >= 0.6 is 0 Å². The molecule has 0 saturated heterocycles. The van der Waals surface area contributed by atoms with Crippen molar-refractivity contribution in [2.24, 2.45) is 0 Å². The van der Waals surface area contributed by atoms with Crippen molar-refractivity contribution in [1.82, 2.24) is 0 Å². The molecular formula is C12H26F6O6Si2. The van der Waals surface area contributed by atoms with Crippen molar-refractivity contribution in [2.45, 2.75) is 44.4 Å². The van der Waals surface area contributed by atoms with Gasteiger partial charge in [-0.05, 0) is 0 Å². The second-order valence-electron chi connectivity index (χ2n) is 4.80. The molecule has 0 amide bonds. The third-order valence-corrected chi connectivity index (χ3v) is 8.72. The summed E-state index contributed by atoms with van der Waals surface area (Å²) in [5.74, 6) is 0. The fraction of sp³-hybridized carbons (Fsp3) is 1.00. The van der Waals surface area contributed by atoms with Crippen LogP contribution in [-0.2, 0) is 26.6 Å². The summed E-state index contributed by atoms with van der Waals surface area (Å²) in [6.07, 6.45) is -9.33. The first-order valence-electron chi connectivity index (χ1n) is 7.37. The van der Waals surface area contributed by atoms with Crippen LogP contribution in [0.3, 0.4) is 0 Å². The van der Waals surface area contributed by atoms with E-state index in [0.717, 1.165) is 14.2 Å². The van der Waals surface area contributed by atoms with Gasteiger partial charge in [-0.15, -0.1) is 13.2 Å². The Hall–Kier alpha value is -0.226. The molecule has 0 aromatic heterocycles. The molecule has 14 heteroatoms. The predicted octanol–water partition coefficient (Wildman–Crippen LogP) is 3.98. The van der Waals surface area contributed by atoms with Gasteiger partial charge in [-0.1, -0.05) is 13.3 Å². The summed E-state index contributed by atoms with van der Waals surface area (Å²) >= 11 is 0. The Balaban J connectivity index is 0. The average molecular weight is 436 g/mol. The van der Waals surface area contributed by atoms with Gasteiger partial charge in [0.15, 0.2) is 0 Å². The number of alkyl halides is 6. The topological polar surface area (TPSA) is 55.4 Å². The van der Waals surface area contributed by atoms with Crippen LogP contribution in [0.2, 0.25) is 12.1 Å². The lowest BCUT2D eigenvalue weighted by Gasteiger charge is -2.26. The molecule has 0 saturated carbocycles. The molecule has 0 N–H and O–H groups in total. The second-order valence-corrected chi connectivity index (χ2v) is 10.8. The van der Waals surface area contributed by atoms with Gasteiger partial charge in [0, 0.05) is 54.1 Å². The van der Waals surface area contributed by atoms with E-state index >= 15 is 0 Å². The molecule has 0 rings (SSSR count). The molecule has 0 heterocycles. The minimum Gasteiger partial charge on any atom is -0.377 e. The molecule has 0 aliphatic heterocycles. The summed E-state index contributed by atoms with van der Waals surface area (Å²) in [6.45, 7) is 1.74. The summed E-state index contributed by atoms with van der Waals surface area (Å²) < 4.78 is 98.9.